The Morgan fingerprint density at radius 1 is 1.12 bits per heavy atom. The number of halogens is 1. The van der Waals surface area contributed by atoms with Crippen LogP contribution >= 0.6 is 11.8 Å². The van der Waals surface area contributed by atoms with Crippen LogP contribution in [-0.2, 0) is 17.8 Å². The van der Waals surface area contributed by atoms with Gasteiger partial charge in [-0.15, -0.1) is 10.2 Å². The largest absolute Gasteiger partial charge is 0.478 e. The Labute approximate surface area is 193 Å². The van der Waals surface area contributed by atoms with Crippen LogP contribution in [0.3, 0.4) is 0 Å². The van der Waals surface area contributed by atoms with Crippen molar-refractivity contribution in [2.45, 2.75) is 25.0 Å². The first-order valence-corrected chi connectivity index (χ1v) is 11.1. The minimum absolute atomic E-state index is 0.0226. The number of hydrogen-bond donors (Lipinski definition) is 3. The first-order valence-electron chi connectivity index (χ1n) is 10.1. The van der Waals surface area contributed by atoms with Gasteiger partial charge in [0.2, 0.25) is 5.91 Å². The molecule has 2 amide bonds. The number of carbonyl (C=O) groups excluding carboxylic acids is 2. The van der Waals surface area contributed by atoms with Crippen molar-refractivity contribution in [3.63, 3.8) is 0 Å². The van der Waals surface area contributed by atoms with Crippen LogP contribution < -0.4 is 10.6 Å². The van der Waals surface area contributed by atoms with Crippen molar-refractivity contribution < 1.29 is 23.9 Å². The lowest BCUT2D eigenvalue weighted by molar-refractivity contribution is -0.113. The Hall–Kier alpha value is -3.73. The summed E-state index contributed by atoms with van der Waals surface area (Å²) >= 11 is 1.19. The van der Waals surface area contributed by atoms with Crippen molar-refractivity contribution >= 4 is 35.2 Å². The Balaban J connectivity index is 1.53. The molecule has 1 heterocycles. The van der Waals surface area contributed by atoms with Gasteiger partial charge in [-0.2, -0.15) is 0 Å². The number of aromatic carboxylic acids is 1. The molecule has 0 radical (unpaired) electrons. The highest BCUT2D eigenvalue weighted by atomic mass is 32.2. The van der Waals surface area contributed by atoms with Crippen LogP contribution in [0.2, 0.25) is 0 Å². The van der Waals surface area contributed by atoms with E-state index in [9.17, 15) is 18.8 Å². The second kappa shape index (κ2) is 11.2. The summed E-state index contributed by atoms with van der Waals surface area (Å²) in [4.78, 5) is 35.4. The van der Waals surface area contributed by atoms with Crippen molar-refractivity contribution in [1.29, 1.82) is 0 Å². The Bertz CT molecular complexity index is 1170. The Morgan fingerprint density at radius 2 is 1.91 bits per heavy atom. The fraction of sp³-hybridized carbons (Fsp3) is 0.227. The Kier molecular flexibility index (Phi) is 8.14. The lowest BCUT2D eigenvalue weighted by Gasteiger charge is -2.09. The minimum Gasteiger partial charge on any atom is -0.478 e. The second-order valence-corrected chi connectivity index (χ2v) is 7.79. The van der Waals surface area contributed by atoms with Gasteiger partial charge in [0, 0.05) is 25.2 Å². The number of amides is 2. The third kappa shape index (κ3) is 6.39. The average molecular weight is 472 g/mol. The van der Waals surface area contributed by atoms with Gasteiger partial charge < -0.3 is 20.3 Å². The van der Waals surface area contributed by atoms with E-state index in [1.54, 1.807) is 18.2 Å². The molecule has 0 saturated heterocycles. The van der Waals surface area contributed by atoms with Gasteiger partial charge in [-0.05, 0) is 37.3 Å². The molecule has 172 valence electrons. The fourth-order valence-electron chi connectivity index (χ4n) is 3.01. The zero-order valence-electron chi connectivity index (χ0n) is 17.7. The van der Waals surface area contributed by atoms with Gasteiger partial charge in [-0.3, -0.25) is 9.59 Å². The molecule has 0 spiro atoms. The molecule has 0 fully saturated rings. The highest BCUT2D eigenvalue weighted by Gasteiger charge is 2.15. The van der Waals surface area contributed by atoms with E-state index in [4.69, 9.17) is 5.11 Å². The van der Waals surface area contributed by atoms with Crippen LogP contribution in [0, 0.1) is 5.82 Å². The predicted molar refractivity (Wildman–Crippen MR) is 121 cm³/mol. The van der Waals surface area contributed by atoms with E-state index < -0.39 is 17.7 Å². The van der Waals surface area contributed by atoms with Gasteiger partial charge in [-0.1, -0.05) is 30.0 Å². The third-order valence-electron chi connectivity index (χ3n) is 4.59. The number of hydrogen-bond acceptors (Lipinski definition) is 6. The van der Waals surface area contributed by atoms with Crippen molar-refractivity contribution in [3.05, 3.63) is 71.3 Å². The monoisotopic (exact) mass is 471 g/mol. The van der Waals surface area contributed by atoms with Crippen molar-refractivity contribution in [2.24, 2.45) is 0 Å². The molecule has 3 N–H and O–H groups in total. The molecule has 2 aromatic carbocycles. The molecule has 3 rings (SSSR count). The van der Waals surface area contributed by atoms with Crippen LogP contribution in [-0.4, -0.2) is 50.0 Å². The molecule has 0 atom stereocenters. The summed E-state index contributed by atoms with van der Waals surface area (Å²) in [5, 5.41) is 23.2. The van der Waals surface area contributed by atoms with Crippen LogP contribution in [0.25, 0.3) is 0 Å². The standard InChI is InChI=1S/C22H22FN5O4S/c1-2-28-18(10-11-24-20(30)16-8-3-4-9-17(16)23)26-27-22(28)33-13-19(29)25-15-7-5-6-14(12-15)21(31)32/h3-9,12H,2,10-11,13H2,1H3,(H,24,30)(H,25,29)(H,31,32). The number of anilines is 1. The number of nitrogens with one attached hydrogen (secondary N) is 2. The predicted octanol–water partition coefficient (Wildman–Crippen LogP) is 2.84. The summed E-state index contributed by atoms with van der Waals surface area (Å²) in [5.74, 6) is -1.80. The number of benzene rings is 2. The van der Waals surface area contributed by atoms with Crippen molar-refractivity contribution in [3.8, 4) is 0 Å². The third-order valence-corrected chi connectivity index (χ3v) is 5.55. The number of aromatic nitrogens is 3. The van der Waals surface area contributed by atoms with E-state index >= 15 is 0 Å². The summed E-state index contributed by atoms with van der Waals surface area (Å²) in [6.45, 7) is 2.72. The fourth-order valence-corrected chi connectivity index (χ4v) is 3.84. The van der Waals surface area contributed by atoms with Gasteiger partial charge >= 0.3 is 5.97 Å². The zero-order valence-corrected chi connectivity index (χ0v) is 18.6. The molecule has 1 aromatic heterocycles. The molecule has 3 aromatic rings. The summed E-state index contributed by atoms with van der Waals surface area (Å²) in [5.41, 5.74) is 0.451. The highest BCUT2D eigenvalue weighted by Crippen LogP contribution is 2.18. The number of nitrogens with zero attached hydrogens (tertiary/aromatic N) is 3. The van der Waals surface area contributed by atoms with Crippen LogP contribution in [0.1, 0.15) is 33.5 Å². The number of carbonyl (C=O) groups is 3. The van der Waals surface area contributed by atoms with Gasteiger partial charge in [0.25, 0.3) is 5.91 Å². The molecular formula is C22H22FN5O4S. The molecular weight excluding hydrogens is 449 g/mol. The van der Waals surface area contributed by atoms with E-state index in [0.717, 1.165) is 0 Å². The first-order chi connectivity index (χ1) is 15.9. The Morgan fingerprint density at radius 3 is 2.64 bits per heavy atom. The summed E-state index contributed by atoms with van der Waals surface area (Å²) < 4.78 is 15.5. The number of carboxylic acid groups (broad SMARTS) is 1. The molecule has 11 heteroatoms. The summed E-state index contributed by atoms with van der Waals surface area (Å²) in [7, 11) is 0. The van der Waals surface area contributed by atoms with Crippen LogP contribution in [0.5, 0.6) is 0 Å². The normalized spacial score (nSPS) is 10.6. The number of carboxylic acids is 1. The maximum atomic E-state index is 13.7. The maximum absolute atomic E-state index is 13.7. The molecule has 0 aliphatic carbocycles. The van der Waals surface area contributed by atoms with E-state index in [1.807, 2.05) is 11.5 Å². The van der Waals surface area contributed by atoms with Crippen molar-refractivity contribution in [1.82, 2.24) is 20.1 Å². The highest BCUT2D eigenvalue weighted by molar-refractivity contribution is 7.99. The van der Waals surface area contributed by atoms with Gasteiger partial charge in [-0.25, -0.2) is 9.18 Å². The SMILES string of the molecule is CCn1c(CCNC(=O)c2ccccc2F)nnc1SCC(=O)Nc1cccc(C(=O)O)c1. The van der Waals surface area contributed by atoms with Gasteiger partial charge in [0.15, 0.2) is 5.16 Å². The van der Waals surface area contributed by atoms with E-state index in [2.05, 4.69) is 20.8 Å². The average Bonchev–Trinajstić information content (AvgIpc) is 3.19. The first kappa shape index (κ1) is 23.9. The van der Waals surface area contributed by atoms with Gasteiger partial charge in [0.05, 0.1) is 16.9 Å². The molecule has 0 saturated carbocycles. The molecule has 0 aliphatic rings. The topological polar surface area (TPSA) is 126 Å². The number of rotatable bonds is 10. The quantitative estimate of drug-likeness (QED) is 0.388. The van der Waals surface area contributed by atoms with Crippen molar-refractivity contribution in [2.75, 3.05) is 17.6 Å². The van der Waals surface area contributed by atoms with Crippen LogP contribution in [0.15, 0.2) is 53.7 Å². The summed E-state index contributed by atoms with van der Waals surface area (Å²) in [6, 6.07) is 11.7. The van der Waals surface area contributed by atoms with Crippen LogP contribution in [0.4, 0.5) is 10.1 Å². The van der Waals surface area contributed by atoms with E-state index in [1.165, 1.54) is 42.1 Å². The number of thioether (sulfide) groups is 1. The lowest BCUT2D eigenvalue weighted by atomic mass is 10.2. The summed E-state index contributed by atoms with van der Waals surface area (Å²) in [6.07, 6.45) is 0.385. The molecule has 33 heavy (non-hydrogen) atoms. The van der Waals surface area contributed by atoms with Gasteiger partial charge in [0.1, 0.15) is 11.6 Å². The smallest absolute Gasteiger partial charge is 0.335 e. The van der Waals surface area contributed by atoms with E-state index in [0.29, 0.717) is 29.6 Å². The van der Waals surface area contributed by atoms with E-state index in [-0.39, 0.29) is 29.3 Å². The zero-order chi connectivity index (χ0) is 23.8. The second-order valence-electron chi connectivity index (χ2n) is 6.85. The lowest BCUT2D eigenvalue weighted by Crippen LogP contribution is -2.27. The molecule has 0 unspecified atom stereocenters. The molecule has 0 bridgehead atoms. The minimum atomic E-state index is -1.07. The molecule has 9 nitrogen and oxygen atoms in total. The maximum Gasteiger partial charge on any atom is 0.335 e. The molecule has 0 aliphatic heterocycles.